The van der Waals surface area contributed by atoms with Crippen molar-refractivity contribution in [3.05, 3.63) is 69.4 Å². The molecular formula is C19H21BrFNO. The lowest BCUT2D eigenvalue weighted by molar-refractivity contribution is -0.0163. The first-order valence-electron chi connectivity index (χ1n) is 7.85. The maximum absolute atomic E-state index is 14.5. The number of hydrogen-bond acceptors (Lipinski definition) is 2. The molecule has 0 N–H and O–H groups in total. The molecule has 2 aromatic rings. The molecular weight excluding hydrogens is 357 g/mol. The van der Waals surface area contributed by atoms with Crippen LogP contribution in [0, 0.1) is 5.82 Å². The van der Waals surface area contributed by atoms with E-state index in [1.807, 2.05) is 18.2 Å². The summed E-state index contributed by atoms with van der Waals surface area (Å²) in [6.07, 6.45) is 1.71. The van der Waals surface area contributed by atoms with Crippen molar-refractivity contribution in [3.63, 3.8) is 0 Å². The van der Waals surface area contributed by atoms with Crippen LogP contribution in [0.3, 0.4) is 0 Å². The summed E-state index contributed by atoms with van der Waals surface area (Å²) >= 11 is 3.51. The van der Waals surface area contributed by atoms with Gasteiger partial charge in [0.25, 0.3) is 0 Å². The van der Waals surface area contributed by atoms with Gasteiger partial charge >= 0.3 is 0 Å². The van der Waals surface area contributed by atoms with Crippen LogP contribution in [0.4, 0.5) is 4.39 Å². The van der Waals surface area contributed by atoms with Gasteiger partial charge in [0.15, 0.2) is 0 Å². The molecule has 3 rings (SSSR count). The van der Waals surface area contributed by atoms with Gasteiger partial charge in [-0.05, 0) is 62.8 Å². The zero-order valence-electron chi connectivity index (χ0n) is 13.5. The van der Waals surface area contributed by atoms with Crippen molar-refractivity contribution in [3.8, 4) is 0 Å². The molecule has 0 bridgehead atoms. The second kappa shape index (κ2) is 6.71. The summed E-state index contributed by atoms with van der Waals surface area (Å²) in [7, 11) is 4.10. The average Bonchev–Trinajstić information content (AvgIpc) is 2.86. The lowest BCUT2D eigenvalue weighted by Gasteiger charge is -2.31. The average molecular weight is 378 g/mol. The Kier molecular flexibility index (Phi) is 4.85. The van der Waals surface area contributed by atoms with Gasteiger partial charge in [-0.15, -0.1) is 0 Å². The summed E-state index contributed by atoms with van der Waals surface area (Å²) in [5, 5.41) is 0. The first-order valence-corrected chi connectivity index (χ1v) is 8.65. The Bertz CT molecular complexity index is 704. The molecule has 1 atom stereocenters. The molecule has 23 heavy (non-hydrogen) atoms. The smallest absolute Gasteiger partial charge is 0.129 e. The Labute approximate surface area is 145 Å². The minimum atomic E-state index is -0.683. The summed E-state index contributed by atoms with van der Waals surface area (Å²) in [6, 6.07) is 13.1. The number of rotatable bonds is 5. The summed E-state index contributed by atoms with van der Waals surface area (Å²) in [6.45, 7) is 1.47. The molecule has 1 heterocycles. The van der Waals surface area contributed by atoms with Crippen LogP contribution in [-0.4, -0.2) is 25.5 Å². The van der Waals surface area contributed by atoms with Crippen LogP contribution in [0.25, 0.3) is 0 Å². The first kappa shape index (κ1) is 16.6. The summed E-state index contributed by atoms with van der Waals surface area (Å²) in [5.41, 5.74) is 2.18. The van der Waals surface area contributed by atoms with Gasteiger partial charge < -0.3 is 9.64 Å². The number of hydrogen-bond donors (Lipinski definition) is 0. The zero-order chi connectivity index (χ0) is 16.4. The molecule has 2 aromatic carbocycles. The zero-order valence-corrected chi connectivity index (χ0v) is 15.1. The van der Waals surface area contributed by atoms with E-state index >= 15 is 0 Å². The van der Waals surface area contributed by atoms with Crippen LogP contribution >= 0.6 is 15.9 Å². The third kappa shape index (κ3) is 3.21. The number of benzene rings is 2. The van der Waals surface area contributed by atoms with Crippen LogP contribution in [-0.2, 0) is 16.9 Å². The van der Waals surface area contributed by atoms with Crippen molar-refractivity contribution in [2.24, 2.45) is 0 Å². The predicted octanol–water partition coefficient (Wildman–Crippen LogP) is 4.70. The molecule has 2 nitrogen and oxygen atoms in total. The second-order valence-corrected chi connectivity index (χ2v) is 7.22. The summed E-state index contributed by atoms with van der Waals surface area (Å²) in [5.74, 6) is -0.201. The van der Waals surface area contributed by atoms with E-state index < -0.39 is 5.60 Å². The third-order valence-corrected chi connectivity index (χ3v) is 4.91. The maximum atomic E-state index is 14.5. The molecule has 4 heteroatoms. The van der Waals surface area contributed by atoms with Crippen molar-refractivity contribution in [1.82, 2.24) is 4.90 Å². The first-order chi connectivity index (χ1) is 11.0. The van der Waals surface area contributed by atoms with Crippen LogP contribution in [0.15, 0.2) is 46.9 Å². The van der Waals surface area contributed by atoms with E-state index in [1.54, 1.807) is 6.07 Å². The van der Waals surface area contributed by atoms with E-state index in [0.29, 0.717) is 12.2 Å². The summed E-state index contributed by atoms with van der Waals surface area (Å²) in [4.78, 5) is 2.15. The lowest BCUT2D eigenvalue weighted by Crippen LogP contribution is -2.29. The highest BCUT2D eigenvalue weighted by molar-refractivity contribution is 9.10. The van der Waals surface area contributed by atoms with Crippen LogP contribution in [0.5, 0.6) is 0 Å². The molecule has 1 aliphatic rings. The Morgan fingerprint density at radius 1 is 1.17 bits per heavy atom. The molecule has 122 valence electrons. The van der Waals surface area contributed by atoms with E-state index in [0.717, 1.165) is 35.0 Å². The number of fused-ring (bicyclic) bond motifs is 1. The molecule has 0 saturated carbocycles. The molecule has 1 unspecified atom stereocenters. The molecule has 0 aromatic heterocycles. The van der Waals surface area contributed by atoms with Gasteiger partial charge in [0.1, 0.15) is 11.4 Å². The fourth-order valence-corrected chi connectivity index (χ4v) is 3.76. The maximum Gasteiger partial charge on any atom is 0.129 e. The highest BCUT2D eigenvalue weighted by Crippen LogP contribution is 2.46. The van der Waals surface area contributed by atoms with Crippen LogP contribution in [0.2, 0.25) is 0 Å². The topological polar surface area (TPSA) is 12.5 Å². The quantitative estimate of drug-likeness (QED) is 0.748. The Morgan fingerprint density at radius 2 is 1.96 bits per heavy atom. The molecule has 0 saturated heterocycles. The number of nitrogens with zero attached hydrogens (tertiary/aromatic N) is 1. The molecule has 0 spiro atoms. The van der Waals surface area contributed by atoms with Gasteiger partial charge in [0.2, 0.25) is 0 Å². The highest BCUT2D eigenvalue weighted by Gasteiger charge is 2.42. The highest BCUT2D eigenvalue weighted by atomic mass is 79.9. The van der Waals surface area contributed by atoms with Gasteiger partial charge in [0.05, 0.1) is 6.61 Å². The van der Waals surface area contributed by atoms with E-state index in [1.165, 1.54) is 6.07 Å². The Balaban J connectivity index is 2.05. The van der Waals surface area contributed by atoms with Gasteiger partial charge in [0, 0.05) is 10.0 Å². The standard InChI is InChI=1S/C19H21BrFNO/c1-22(2)11-5-10-19(17-6-3-4-7-18(17)21)16-9-8-15(20)12-14(16)13-23-19/h3-4,6-9,12H,5,10-11,13H2,1-2H3. The second-order valence-electron chi connectivity index (χ2n) is 6.30. The molecule has 0 aliphatic carbocycles. The number of halogens is 2. The van der Waals surface area contributed by atoms with Gasteiger partial charge in [-0.2, -0.15) is 0 Å². The van der Waals surface area contributed by atoms with Crippen molar-refractivity contribution in [2.75, 3.05) is 20.6 Å². The minimum absolute atomic E-state index is 0.201. The van der Waals surface area contributed by atoms with Gasteiger partial charge in [-0.1, -0.05) is 40.2 Å². The van der Waals surface area contributed by atoms with Gasteiger partial charge in [-0.25, -0.2) is 4.39 Å². The molecule has 0 fully saturated rings. The van der Waals surface area contributed by atoms with E-state index in [-0.39, 0.29) is 5.82 Å². The van der Waals surface area contributed by atoms with E-state index in [2.05, 4.69) is 47.1 Å². The van der Waals surface area contributed by atoms with Crippen molar-refractivity contribution < 1.29 is 9.13 Å². The monoisotopic (exact) mass is 377 g/mol. The minimum Gasteiger partial charge on any atom is -0.361 e. The molecule has 1 aliphatic heterocycles. The van der Waals surface area contributed by atoms with E-state index in [9.17, 15) is 4.39 Å². The Morgan fingerprint density at radius 3 is 2.70 bits per heavy atom. The SMILES string of the molecule is CN(C)CCCC1(c2ccccc2F)OCc2cc(Br)ccc21. The number of ether oxygens (including phenoxy) is 1. The van der Waals surface area contributed by atoms with Crippen molar-refractivity contribution >= 4 is 15.9 Å². The van der Waals surface area contributed by atoms with Crippen LogP contribution in [0.1, 0.15) is 29.5 Å². The normalized spacial score (nSPS) is 20.0. The lowest BCUT2D eigenvalue weighted by atomic mass is 9.81. The van der Waals surface area contributed by atoms with Crippen molar-refractivity contribution in [1.29, 1.82) is 0 Å². The predicted molar refractivity (Wildman–Crippen MR) is 93.9 cm³/mol. The summed E-state index contributed by atoms with van der Waals surface area (Å²) < 4.78 is 21.8. The van der Waals surface area contributed by atoms with Crippen molar-refractivity contribution in [2.45, 2.75) is 25.0 Å². The molecule has 0 radical (unpaired) electrons. The third-order valence-electron chi connectivity index (χ3n) is 4.42. The molecule has 0 amide bonds. The van der Waals surface area contributed by atoms with E-state index in [4.69, 9.17) is 4.74 Å². The fraction of sp³-hybridized carbons (Fsp3) is 0.368. The fourth-order valence-electron chi connectivity index (χ4n) is 3.35. The largest absolute Gasteiger partial charge is 0.361 e. The van der Waals surface area contributed by atoms with Crippen LogP contribution < -0.4 is 0 Å². The van der Waals surface area contributed by atoms with Gasteiger partial charge in [-0.3, -0.25) is 0 Å². The Hall–Kier alpha value is -1.23.